The van der Waals surface area contributed by atoms with E-state index in [2.05, 4.69) is 47.0 Å². The molecule has 0 bridgehead atoms. The molecule has 0 radical (unpaired) electrons. The molecule has 1 aliphatic rings. The summed E-state index contributed by atoms with van der Waals surface area (Å²) in [6.45, 7) is 10.1. The fraction of sp³-hybridized carbons (Fsp3) is 0.278. The van der Waals surface area contributed by atoms with Gasteiger partial charge in [-0.25, -0.2) is 14.5 Å². The van der Waals surface area contributed by atoms with Crippen molar-refractivity contribution in [1.82, 2.24) is 20.1 Å². The van der Waals surface area contributed by atoms with Crippen molar-refractivity contribution in [3.63, 3.8) is 0 Å². The minimum Gasteiger partial charge on any atom is -0.488 e. The third-order valence-corrected chi connectivity index (χ3v) is 7.84. The minimum absolute atomic E-state index is 0.192. The van der Waals surface area contributed by atoms with E-state index in [-0.39, 0.29) is 24.0 Å². The summed E-state index contributed by atoms with van der Waals surface area (Å²) in [6, 6.07) is 24.1. The number of anilines is 3. The van der Waals surface area contributed by atoms with Gasteiger partial charge in [-0.2, -0.15) is 5.10 Å². The summed E-state index contributed by atoms with van der Waals surface area (Å²) >= 11 is 0. The van der Waals surface area contributed by atoms with Gasteiger partial charge in [-0.05, 0) is 48.9 Å². The molecule has 3 amide bonds. The van der Waals surface area contributed by atoms with Gasteiger partial charge in [0.05, 0.1) is 30.3 Å². The summed E-state index contributed by atoms with van der Waals surface area (Å²) in [5.74, 6) is 1.47. The molecule has 1 unspecified atom stereocenters. The Bertz CT molecular complexity index is 1890. The molecule has 47 heavy (non-hydrogen) atoms. The molecule has 6 rings (SSSR count). The van der Waals surface area contributed by atoms with Gasteiger partial charge in [-0.3, -0.25) is 10.1 Å². The lowest BCUT2D eigenvalue weighted by Crippen LogP contribution is -2.48. The molecule has 1 aliphatic heterocycles. The van der Waals surface area contributed by atoms with Crippen LogP contribution >= 0.6 is 0 Å². The molecule has 3 aromatic carbocycles. The fourth-order valence-corrected chi connectivity index (χ4v) is 5.24. The molecule has 0 aliphatic carbocycles. The predicted octanol–water partition coefficient (Wildman–Crippen LogP) is 6.18. The number of aryl methyl sites for hydroxylation is 1. The lowest BCUT2D eigenvalue weighted by atomic mass is 9.92. The van der Waals surface area contributed by atoms with Crippen molar-refractivity contribution in [3.05, 3.63) is 102 Å². The van der Waals surface area contributed by atoms with Gasteiger partial charge >= 0.3 is 6.03 Å². The summed E-state index contributed by atoms with van der Waals surface area (Å²) < 4.78 is 13.4. The van der Waals surface area contributed by atoms with Crippen molar-refractivity contribution in [2.24, 2.45) is 0 Å². The van der Waals surface area contributed by atoms with Crippen LogP contribution in [0.15, 0.2) is 85.1 Å². The first kappa shape index (κ1) is 31.7. The number of amides is 3. The maximum Gasteiger partial charge on any atom is 0.324 e. The quantitative estimate of drug-likeness (QED) is 0.161. The third kappa shape index (κ3) is 7.59. The summed E-state index contributed by atoms with van der Waals surface area (Å²) in [4.78, 5) is 30.3. The van der Waals surface area contributed by atoms with E-state index in [4.69, 9.17) is 14.6 Å². The van der Waals surface area contributed by atoms with E-state index in [1.54, 1.807) is 16.9 Å². The second-order valence-electron chi connectivity index (χ2n) is 12.6. The lowest BCUT2D eigenvalue weighted by Gasteiger charge is -2.22. The topological polar surface area (TPSA) is 131 Å². The van der Waals surface area contributed by atoms with Crippen LogP contribution in [0.2, 0.25) is 0 Å². The number of carbonyl (C=O) groups excluding carboxylic acids is 2. The number of carbonyl (C=O) groups is 2. The zero-order valence-corrected chi connectivity index (χ0v) is 27.0. The van der Waals surface area contributed by atoms with E-state index in [1.807, 2.05) is 79.7 Å². The van der Waals surface area contributed by atoms with Crippen molar-refractivity contribution in [2.45, 2.75) is 45.8 Å². The highest BCUT2D eigenvalue weighted by atomic mass is 16.5. The molecule has 1 saturated heterocycles. The monoisotopic (exact) mass is 633 g/mol. The maximum atomic E-state index is 13.4. The van der Waals surface area contributed by atoms with Crippen molar-refractivity contribution >= 4 is 40.0 Å². The van der Waals surface area contributed by atoms with E-state index >= 15 is 0 Å². The van der Waals surface area contributed by atoms with E-state index in [0.29, 0.717) is 42.8 Å². The van der Waals surface area contributed by atoms with E-state index in [9.17, 15) is 9.59 Å². The lowest BCUT2D eigenvalue weighted by molar-refractivity contribution is -0.120. The number of rotatable bonds is 8. The average Bonchev–Trinajstić information content (AvgIpc) is 3.49. The standard InChI is InChI=1S/C36H39N7O4/c1-23-9-11-25(12-10-23)43-33(20-31(42-43)36(2,3)4)41-35(45)39-28-13-14-30(27-8-6-5-7-26(27)28)47-21-24-15-16-38-32(19-24)40-34(44)29-22-46-18-17-37-29/h5-16,19-20,29,37H,17-18,21-22H2,1-4H3,(H,38,40,44)(H2,39,41,45). The summed E-state index contributed by atoms with van der Waals surface area (Å²) in [5.41, 5.74) is 4.13. The van der Waals surface area contributed by atoms with Crippen LogP contribution in [0, 0.1) is 6.92 Å². The molecule has 4 N–H and O–H groups in total. The van der Waals surface area contributed by atoms with Crippen LogP contribution in [0.1, 0.15) is 37.6 Å². The van der Waals surface area contributed by atoms with Gasteiger partial charge < -0.3 is 25.4 Å². The second kappa shape index (κ2) is 13.6. The third-order valence-electron chi connectivity index (χ3n) is 7.84. The number of nitrogens with zero attached hydrogens (tertiary/aromatic N) is 3. The molecule has 2 aromatic heterocycles. The van der Waals surface area contributed by atoms with Gasteiger partial charge in [-0.1, -0.05) is 62.7 Å². The van der Waals surface area contributed by atoms with Gasteiger partial charge in [0.25, 0.3) is 0 Å². The van der Waals surface area contributed by atoms with E-state index < -0.39 is 6.04 Å². The molecule has 11 nitrogen and oxygen atoms in total. The van der Waals surface area contributed by atoms with E-state index in [1.165, 1.54) is 0 Å². The van der Waals surface area contributed by atoms with Crippen molar-refractivity contribution < 1.29 is 19.1 Å². The molecular weight excluding hydrogens is 594 g/mol. The molecule has 3 heterocycles. The molecule has 242 valence electrons. The van der Waals surface area contributed by atoms with Crippen LogP contribution in [0.3, 0.4) is 0 Å². The first-order valence-electron chi connectivity index (χ1n) is 15.6. The number of pyridine rings is 1. The highest BCUT2D eigenvalue weighted by Gasteiger charge is 2.23. The Morgan fingerprint density at radius 3 is 2.51 bits per heavy atom. The Balaban J connectivity index is 1.16. The first-order chi connectivity index (χ1) is 22.6. The zero-order valence-electron chi connectivity index (χ0n) is 27.0. The smallest absolute Gasteiger partial charge is 0.324 e. The van der Waals surface area contributed by atoms with Crippen LogP contribution < -0.4 is 26.0 Å². The van der Waals surface area contributed by atoms with Crippen LogP contribution in [0.4, 0.5) is 22.1 Å². The van der Waals surface area contributed by atoms with Crippen LogP contribution in [0.25, 0.3) is 16.5 Å². The SMILES string of the molecule is Cc1ccc(-n2nc(C(C)(C)C)cc2NC(=O)Nc2ccc(OCc3ccnc(NC(=O)C4COCCN4)c3)c3ccccc23)cc1. The number of benzene rings is 3. The Kier molecular flexibility index (Phi) is 9.19. The number of hydrogen-bond acceptors (Lipinski definition) is 7. The van der Waals surface area contributed by atoms with Crippen molar-refractivity contribution in [2.75, 3.05) is 35.7 Å². The Morgan fingerprint density at radius 2 is 1.77 bits per heavy atom. The molecule has 5 aromatic rings. The van der Waals surface area contributed by atoms with Crippen LogP contribution in [0.5, 0.6) is 5.75 Å². The van der Waals surface area contributed by atoms with Crippen LogP contribution in [-0.2, 0) is 21.6 Å². The highest BCUT2D eigenvalue weighted by Crippen LogP contribution is 2.33. The first-order valence-corrected chi connectivity index (χ1v) is 15.6. The second-order valence-corrected chi connectivity index (χ2v) is 12.6. The number of nitrogens with one attached hydrogen (secondary N) is 4. The Morgan fingerprint density at radius 1 is 0.979 bits per heavy atom. The normalized spacial score (nSPS) is 14.9. The van der Waals surface area contributed by atoms with E-state index in [0.717, 1.165) is 33.3 Å². The van der Waals surface area contributed by atoms with Crippen LogP contribution in [-0.4, -0.2) is 52.5 Å². The van der Waals surface area contributed by atoms with Gasteiger partial charge in [0.2, 0.25) is 5.91 Å². The van der Waals surface area contributed by atoms with Gasteiger partial charge in [-0.15, -0.1) is 0 Å². The Hall–Kier alpha value is -5.26. The van der Waals surface area contributed by atoms with Gasteiger partial charge in [0.15, 0.2) is 0 Å². The fourth-order valence-electron chi connectivity index (χ4n) is 5.24. The molecule has 1 fully saturated rings. The number of fused-ring (bicyclic) bond motifs is 1. The maximum absolute atomic E-state index is 13.4. The number of urea groups is 1. The predicted molar refractivity (Wildman–Crippen MR) is 183 cm³/mol. The molecule has 0 spiro atoms. The Labute approximate surface area is 273 Å². The zero-order chi connectivity index (χ0) is 33.0. The highest BCUT2D eigenvalue weighted by molar-refractivity contribution is 6.07. The average molecular weight is 634 g/mol. The van der Waals surface area contributed by atoms with Gasteiger partial charge in [0.1, 0.15) is 30.0 Å². The number of ether oxygens (including phenoxy) is 2. The largest absolute Gasteiger partial charge is 0.488 e. The van der Waals surface area contributed by atoms with Crippen molar-refractivity contribution in [3.8, 4) is 11.4 Å². The number of hydrogen-bond donors (Lipinski definition) is 4. The molecule has 11 heteroatoms. The molecule has 1 atom stereocenters. The minimum atomic E-state index is -0.415. The number of aromatic nitrogens is 3. The summed E-state index contributed by atoms with van der Waals surface area (Å²) in [7, 11) is 0. The summed E-state index contributed by atoms with van der Waals surface area (Å²) in [6.07, 6.45) is 1.64. The summed E-state index contributed by atoms with van der Waals surface area (Å²) in [5, 5.41) is 18.5. The van der Waals surface area contributed by atoms with Crippen molar-refractivity contribution in [1.29, 1.82) is 0 Å². The molecule has 0 saturated carbocycles. The molecular formula is C36H39N7O4. The van der Waals surface area contributed by atoms with Gasteiger partial charge in [0, 0.05) is 35.0 Å². The number of morpholine rings is 1.